The summed E-state index contributed by atoms with van der Waals surface area (Å²) >= 11 is 0. The molecular formula is C18H23NO. The predicted octanol–water partition coefficient (Wildman–Crippen LogP) is 4.41. The van der Waals surface area contributed by atoms with E-state index in [9.17, 15) is 5.11 Å². The molecule has 0 bridgehead atoms. The highest BCUT2D eigenvalue weighted by atomic mass is 16.3. The zero-order valence-corrected chi connectivity index (χ0v) is 12.2. The van der Waals surface area contributed by atoms with Gasteiger partial charge in [-0.05, 0) is 49.3 Å². The topological polar surface area (TPSA) is 33.1 Å². The van der Waals surface area contributed by atoms with E-state index in [0.29, 0.717) is 0 Å². The van der Waals surface area contributed by atoms with Gasteiger partial charge in [0.1, 0.15) is 0 Å². The average Bonchev–Trinajstić information content (AvgIpc) is 2.49. The van der Waals surface area contributed by atoms with Crippen LogP contribution in [0.15, 0.2) is 36.5 Å². The van der Waals surface area contributed by atoms with Gasteiger partial charge in [0.05, 0.1) is 11.1 Å². The Kier molecular flexibility index (Phi) is 3.75. The molecule has 2 aromatic rings. The van der Waals surface area contributed by atoms with Gasteiger partial charge in [-0.25, -0.2) is 0 Å². The molecule has 0 atom stereocenters. The van der Waals surface area contributed by atoms with E-state index >= 15 is 0 Å². The lowest BCUT2D eigenvalue weighted by Crippen LogP contribution is -2.31. The molecule has 0 amide bonds. The molecule has 0 spiro atoms. The standard InChI is InChI=1S/C18H23NO/c1-2-5-14-9-11-18(20,12-10-14)16-7-3-8-17-15(16)6-4-13-19-17/h3-4,6-8,13-14,20H,2,5,9-12H2,1H3. The van der Waals surface area contributed by atoms with Gasteiger partial charge >= 0.3 is 0 Å². The van der Waals surface area contributed by atoms with Crippen molar-refractivity contribution in [3.8, 4) is 0 Å². The van der Waals surface area contributed by atoms with E-state index in [4.69, 9.17) is 0 Å². The SMILES string of the molecule is CCCC1CCC(O)(c2cccc3ncccc23)CC1. The molecule has 0 unspecified atom stereocenters. The van der Waals surface area contributed by atoms with Gasteiger partial charge in [-0.2, -0.15) is 0 Å². The smallest absolute Gasteiger partial charge is 0.0903 e. The summed E-state index contributed by atoms with van der Waals surface area (Å²) in [6, 6.07) is 10.1. The fourth-order valence-electron chi connectivity index (χ4n) is 3.63. The Morgan fingerprint density at radius 1 is 1.20 bits per heavy atom. The number of hydrogen-bond donors (Lipinski definition) is 1. The number of aromatic nitrogens is 1. The summed E-state index contributed by atoms with van der Waals surface area (Å²) in [4.78, 5) is 4.40. The van der Waals surface area contributed by atoms with Gasteiger partial charge in [-0.1, -0.05) is 38.0 Å². The number of benzene rings is 1. The van der Waals surface area contributed by atoms with Crippen LogP contribution in [0.3, 0.4) is 0 Å². The first-order valence-corrected chi connectivity index (χ1v) is 7.79. The molecule has 1 aliphatic carbocycles. The van der Waals surface area contributed by atoms with Gasteiger partial charge in [-0.3, -0.25) is 4.98 Å². The summed E-state index contributed by atoms with van der Waals surface area (Å²) in [6.07, 6.45) is 8.40. The number of aliphatic hydroxyl groups is 1. The molecular weight excluding hydrogens is 246 g/mol. The van der Waals surface area contributed by atoms with Gasteiger partial charge in [0, 0.05) is 11.6 Å². The van der Waals surface area contributed by atoms with Crippen LogP contribution in [0.4, 0.5) is 0 Å². The summed E-state index contributed by atoms with van der Waals surface area (Å²) in [5, 5.41) is 12.2. The van der Waals surface area contributed by atoms with Crippen LogP contribution in [0.1, 0.15) is 51.0 Å². The monoisotopic (exact) mass is 269 g/mol. The lowest BCUT2D eigenvalue weighted by molar-refractivity contribution is -0.0139. The van der Waals surface area contributed by atoms with Crippen LogP contribution in [0.2, 0.25) is 0 Å². The number of hydrogen-bond acceptors (Lipinski definition) is 2. The van der Waals surface area contributed by atoms with E-state index in [1.807, 2.05) is 24.4 Å². The molecule has 1 aromatic carbocycles. The molecule has 1 fully saturated rings. The fraction of sp³-hybridized carbons (Fsp3) is 0.500. The first-order chi connectivity index (χ1) is 9.73. The summed E-state index contributed by atoms with van der Waals surface area (Å²) < 4.78 is 0. The Hall–Kier alpha value is -1.41. The van der Waals surface area contributed by atoms with Gasteiger partial charge in [0.25, 0.3) is 0 Å². The van der Waals surface area contributed by atoms with Crippen molar-refractivity contribution in [2.45, 2.75) is 51.0 Å². The number of rotatable bonds is 3. The Labute approximate surface area is 120 Å². The molecule has 3 rings (SSSR count). The third kappa shape index (κ3) is 2.45. The third-order valence-corrected chi connectivity index (χ3v) is 4.78. The molecule has 1 heterocycles. The van der Waals surface area contributed by atoms with Crippen molar-refractivity contribution in [3.63, 3.8) is 0 Å². The molecule has 20 heavy (non-hydrogen) atoms. The van der Waals surface area contributed by atoms with E-state index in [0.717, 1.165) is 48.1 Å². The quantitative estimate of drug-likeness (QED) is 0.895. The van der Waals surface area contributed by atoms with Crippen LogP contribution in [0.25, 0.3) is 10.9 Å². The van der Waals surface area contributed by atoms with Gasteiger partial charge in [0.15, 0.2) is 0 Å². The van der Waals surface area contributed by atoms with Crippen LogP contribution < -0.4 is 0 Å². The van der Waals surface area contributed by atoms with E-state index in [1.165, 1.54) is 12.8 Å². The minimum Gasteiger partial charge on any atom is -0.385 e. The second-order valence-corrected chi connectivity index (χ2v) is 6.14. The maximum atomic E-state index is 11.1. The van der Waals surface area contributed by atoms with Crippen LogP contribution in [-0.4, -0.2) is 10.1 Å². The Morgan fingerprint density at radius 3 is 2.75 bits per heavy atom. The number of pyridine rings is 1. The Balaban J connectivity index is 1.91. The van der Waals surface area contributed by atoms with Crippen molar-refractivity contribution >= 4 is 10.9 Å². The summed E-state index contributed by atoms with van der Waals surface area (Å²) in [5.41, 5.74) is 1.39. The van der Waals surface area contributed by atoms with Crippen molar-refractivity contribution in [1.82, 2.24) is 4.98 Å². The summed E-state index contributed by atoms with van der Waals surface area (Å²) in [5.74, 6) is 0.799. The summed E-state index contributed by atoms with van der Waals surface area (Å²) in [7, 11) is 0. The van der Waals surface area contributed by atoms with Crippen molar-refractivity contribution in [2.24, 2.45) is 5.92 Å². The molecule has 0 radical (unpaired) electrons. The second-order valence-electron chi connectivity index (χ2n) is 6.14. The van der Waals surface area contributed by atoms with Crippen LogP contribution in [0.5, 0.6) is 0 Å². The fourth-order valence-corrected chi connectivity index (χ4v) is 3.63. The van der Waals surface area contributed by atoms with Crippen LogP contribution in [-0.2, 0) is 5.60 Å². The van der Waals surface area contributed by atoms with E-state index in [-0.39, 0.29) is 0 Å². The maximum Gasteiger partial charge on any atom is 0.0903 e. The molecule has 2 heteroatoms. The highest BCUT2D eigenvalue weighted by Crippen LogP contribution is 2.42. The van der Waals surface area contributed by atoms with Gasteiger partial charge in [-0.15, -0.1) is 0 Å². The van der Waals surface area contributed by atoms with Gasteiger partial charge in [0.2, 0.25) is 0 Å². The van der Waals surface area contributed by atoms with Gasteiger partial charge < -0.3 is 5.11 Å². The lowest BCUT2D eigenvalue weighted by atomic mass is 9.73. The van der Waals surface area contributed by atoms with Crippen molar-refractivity contribution in [3.05, 3.63) is 42.1 Å². The number of fused-ring (bicyclic) bond motifs is 1. The Morgan fingerprint density at radius 2 is 2.00 bits per heavy atom. The highest BCUT2D eigenvalue weighted by molar-refractivity contribution is 5.82. The minimum atomic E-state index is -0.660. The van der Waals surface area contributed by atoms with Crippen molar-refractivity contribution in [1.29, 1.82) is 0 Å². The minimum absolute atomic E-state index is 0.660. The molecule has 1 aliphatic rings. The Bertz CT molecular complexity index is 579. The molecule has 1 N–H and O–H groups in total. The molecule has 1 aromatic heterocycles. The largest absolute Gasteiger partial charge is 0.385 e. The molecule has 0 aliphatic heterocycles. The molecule has 0 saturated heterocycles. The third-order valence-electron chi connectivity index (χ3n) is 4.78. The lowest BCUT2D eigenvalue weighted by Gasteiger charge is -2.37. The number of nitrogens with zero attached hydrogens (tertiary/aromatic N) is 1. The zero-order valence-electron chi connectivity index (χ0n) is 12.2. The normalized spacial score (nSPS) is 26.8. The average molecular weight is 269 g/mol. The predicted molar refractivity (Wildman–Crippen MR) is 82.5 cm³/mol. The molecule has 2 nitrogen and oxygen atoms in total. The second kappa shape index (κ2) is 5.53. The maximum absolute atomic E-state index is 11.1. The van der Waals surface area contributed by atoms with Crippen molar-refractivity contribution in [2.75, 3.05) is 0 Å². The first-order valence-electron chi connectivity index (χ1n) is 7.79. The van der Waals surface area contributed by atoms with E-state index < -0.39 is 5.60 Å². The zero-order chi connectivity index (χ0) is 14.0. The van der Waals surface area contributed by atoms with Crippen LogP contribution in [0, 0.1) is 5.92 Å². The van der Waals surface area contributed by atoms with Crippen LogP contribution >= 0.6 is 0 Å². The van der Waals surface area contributed by atoms with E-state index in [2.05, 4.69) is 24.0 Å². The molecule has 1 saturated carbocycles. The van der Waals surface area contributed by atoms with E-state index in [1.54, 1.807) is 0 Å². The first kappa shape index (κ1) is 13.6. The highest BCUT2D eigenvalue weighted by Gasteiger charge is 2.35. The molecule has 106 valence electrons. The summed E-state index contributed by atoms with van der Waals surface area (Å²) in [6.45, 7) is 2.25. The van der Waals surface area contributed by atoms with Crippen molar-refractivity contribution < 1.29 is 5.11 Å².